The van der Waals surface area contributed by atoms with Gasteiger partial charge in [-0.2, -0.15) is 0 Å². The summed E-state index contributed by atoms with van der Waals surface area (Å²) in [6.45, 7) is 0. The van der Waals surface area contributed by atoms with Crippen LogP contribution in [0.2, 0.25) is 0 Å². The van der Waals surface area contributed by atoms with Crippen molar-refractivity contribution in [3.8, 4) is 0 Å². The molecule has 0 saturated heterocycles. The number of benzene rings is 2. The number of Topliss-reactive ketones (excluding diaryl/α,β-unsaturated/α-hetero) is 3. The number of fused-ring (bicyclic) bond motifs is 2. The van der Waals surface area contributed by atoms with Crippen molar-refractivity contribution in [1.82, 2.24) is 0 Å². The van der Waals surface area contributed by atoms with Gasteiger partial charge in [0, 0.05) is 22.3 Å². The van der Waals surface area contributed by atoms with E-state index in [0.29, 0.717) is 22.3 Å². The largest absolute Gasteiger partial charge is 0.507 e. The van der Waals surface area contributed by atoms with Crippen LogP contribution in [-0.4, -0.2) is 22.5 Å². The smallest absolute Gasteiger partial charge is 0.197 e. The van der Waals surface area contributed by atoms with Gasteiger partial charge in [0.1, 0.15) is 5.76 Å². The summed E-state index contributed by atoms with van der Waals surface area (Å²) >= 11 is 0. The Hall–Kier alpha value is -3.79. The fourth-order valence-electron chi connectivity index (χ4n) is 3.23. The monoisotopic (exact) mass is 354 g/mol. The number of ketones is 3. The summed E-state index contributed by atoms with van der Waals surface area (Å²) in [5, 5.41) is 10.2. The summed E-state index contributed by atoms with van der Waals surface area (Å²) in [6, 6.07) is 13.6. The molecule has 2 aromatic carbocycles. The number of aliphatic hydroxyl groups is 1. The van der Waals surface area contributed by atoms with E-state index in [1.54, 1.807) is 66.8 Å². The molecule has 0 spiro atoms. The average Bonchev–Trinajstić information content (AvgIpc) is 3.08. The molecule has 4 rings (SSSR count). The molecule has 130 valence electrons. The van der Waals surface area contributed by atoms with Gasteiger partial charge in [0.05, 0.1) is 11.1 Å². The first kappa shape index (κ1) is 16.7. The first-order valence-electron chi connectivity index (χ1n) is 8.40. The van der Waals surface area contributed by atoms with E-state index in [-0.39, 0.29) is 34.3 Å². The van der Waals surface area contributed by atoms with Gasteiger partial charge < -0.3 is 5.11 Å². The van der Waals surface area contributed by atoms with Gasteiger partial charge in [-0.25, -0.2) is 0 Å². The van der Waals surface area contributed by atoms with Crippen LogP contribution in [0.1, 0.15) is 36.6 Å². The standard InChI is InChI=1S/C23H14O4/c24-20-14-8-4-5-9-15(14)21(25)18(20)12-2-1-3-13-19-22(26)16-10-6-7-11-17(16)23(19)27/h1-13,24H/b3-1+,12-2+. The van der Waals surface area contributed by atoms with Gasteiger partial charge in [0.15, 0.2) is 17.3 Å². The highest BCUT2D eigenvalue weighted by atomic mass is 16.3. The molecule has 0 aliphatic heterocycles. The zero-order valence-electron chi connectivity index (χ0n) is 14.2. The lowest BCUT2D eigenvalue weighted by molar-refractivity contribution is 0.0986. The second-order valence-electron chi connectivity index (χ2n) is 6.17. The van der Waals surface area contributed by atoms with Crippen LogP contribution in [0.4, 0.5) is 0 Å². The first-order valence-corrected chi connectivity index (χ1v) is 8.40. The van der Waals surface area contributed by atoms with Crippen LogP contribution >= 0.6 is 0 Å². The van der Waals surface area contributed by atoms with E-state index in [0.717, 1.165) is 0 Å². The number of carbonyl (C=O) groups excluding carboxylic acids is 3. The third-order valence-electron chi connectivity index (χ3n) is 4.58. The number of rotatable bonds is 3. The third-order valence-corrected chi connectivity index (χ3v) is 4.58. The van der Waals surface area contributed by atoms with Crippen molar-refractivity contribution in [2.45, 2.75) is 0 Å². The molecular weight excluding hydrogens is 340 g/mol. The fourth-order valence-corrected chi connectivity index (χ4v) is 3.23. The Morgan fingerprint density at radius 1 is 0.630 bits per heavy atom. The highest BCUT2D eigenvalue weighted by Crippen LogP contribution is 2.31. The lowest BCUT2D eigenvalue weighted by Gasteiger charge is -1.95. The van der Waals surface area contributed by atoms with Crippen LogP contribution < -0.4 is 0 Å². The molecule has 0 fully saturated rings. The van der Waals surface area contributed by atoms with Gasteiger partial charge in [0.25, 0.3) is 0 Å². The van der Waals surface area contributed by atoms with Crippen molar-refractivity contribution < 1.29 is 19.5 Å². The van der Waals surface area contributed by atoms with Crippen LogP contribution in [0.5, 0.6) is 0 Å². The molecule has 2 aliphatic rings. The SMILES string of the molecule is O=C1C(=C/C=C/C=C/C2=C(O)c3ccccc3C2=O)C(=O)c2ccccc21. The van der Waals surface area contributed by atoms with E-state index in [1.165, 1.54) is 12.2 Å². The second kappa shape index (κ2) is 6.50. The van der Waals surface area contributed by atoms with Crippen LogP contribution in [-0.2, 0) is 0 Å². The Labute approximate surface area is 155 Å². The van der Waals surface area contributed by atoms with Crippen LogP contribution in [0.25, 0.3) is 5.76 Å². The molecule has 27 heavy (non-hydrogen) atoms. The number of carbonyl (C=O) groups is 3. The second-order valence-corrected chi connectivity index (χ2v) is 6.17. The minimum atomic E-state index is -0.286. The Kier molecular flexibility index (Phi) is 4.01. The Balaban J connectivity index is 1.52. The van der Waals surface area contributed by atoms with E-state index in [2.05, 4.69) is 0 Å². The summed E-state index contributed by atoms with van der Waals surface area (Å²) in [4.78, 5) is 36.8. The normalized spacial score (nSPS) is 16.0. The summed E-state index contributed by atoms with van der Waals surface area (Å²) < 4.78 is 0. The Morgan fingerprint density at radius 3 is 1.70 bits per heavy atom. The van der Waals surface area contributed by atoms with E-state index in [9.17, 15) is 19.5 Å². The molecule has 2 aromatic rings. The van der Waals surface area contributed by atoms with Crippen LogP contribution in [0.3, 0.4) is 0 Å². The quantitative estimate of drug-likeness (QED) is 0.508. The van der Waals surface area contributed by atoms with Crippen molar-refractivity contribution in [3.63, 3.8) is 0 Å². The maximum atomic E-state index is 12.3. The highest BCUT2D eigenvalue weighted by Gasteiger charge is 2.32. The Bertz CT molecular complexity index is 1090. The molecule has 4 heteroatoms. The topological polar surface area (TPSA) is 71.4 Å². The van der Waals surface area contributed by atoms with Gasteiger partial charge >= 0.3 is 0 Å². The third kappa shape index (κ3) is 2.68. The van der Waals surface area contributed by atoms with E-state index in [4.69, 9.17) is 0 Å². The van der Waals surface area contributed by atoms with Crippen molar-refractivity contribution in [2.24, 2.45) is 0 Å². The molecule has 0 atom stereocenters. The zero-order valence-corrected chi connectivity index (χ0v) is 14.2. The number of hydrogen-bond acceptors (Lipinski definition) is 4. The molecule has 1 N–H and O–H groups in total. The molecular formula is C23H14O4. The van der Waals surface area contributed by atoms with E-state index >= 15 is 0 Å². The average molecular weight is 354 g/mol. The Morgan fingerprint density at radius 2 is 1.15 bits per heavy atom. The first-order chi connectivity index (χ1) is 13.1. The van der Waals surface area contributed by atoms with E-state index < -0.39 is 0 Å². The molecule has 0 bridgehead atoms. The van der Waals surface area contributed by atoms with Gasteiger partial charge in [0.2, 0.25) is 0 Å². The molecule has 2 aliphatic carbocycles. The fraction of sp³-hybridized carbons (Fsp3) is 0. The summed E-state index contributed by atoms with van der Waals surface area (Å²) in [6.07, 6.45) is 7.74. The molecule has 0 unspecified atom stereocenters. The van der Waals surface area contributed by atoms with Gasteiger partial charge in [-0.05, 0) is 12.2 Å². The zero-order chi connectivity index (χ0) is 19.0. The molecule has 0 saturated carbocycles. The lowest BCUT2D eigenvalue weighted by atomic mass is 10.1. The summed E-state index contributed by atoms with van der Waals surface area (Å²) in [7, 11) is 0. The van der Waals surface area contributed by atoms with Crippen molar-refractivity contribution in [3.05, 3.63) is 112 Å². The molecule has 0 radical (unpaired) electrons. The summed E-state index contributed by atoms with van der Waals surface area (Å²) in [5.41, 5.74) is 2.17. The molecule has 0 heterocycles. The number of hydrogen-bond donors (Lipinski definition) is 1. The molecule has 4 nitrogen and oxygen atoms in total. The van der Waals surface area contributed by atoms with Crippen LogP contribution in [0.15, 0.2) is 90.1 Å². The van der Waals surface area contributed by atoms with Crippen molar-refractivity contribution in [1.29, 1.82) is 0 Å². The van der Waals surface area contributed by atoms with Crippen molar-refractivity contribution >= 4 is 23.1 Å². The maximum Gasteiger partial charge on any atom is 0.197 e. The van der Waals surface area contributed by atoms with Gasteiger partial charge in [-0.3, -0.25) is 14.4 Å². The lowest BCUT2D eigenvalue weighted by Crippen LogP contribution is -1.99. The highest BCUT2D eigenvalue weighted by molar-refractivity contribution is 6.39. The van der Waals surface area contributed by atoms with Gasteiger partial charge in [-0.1, -0.05) is 66.8 Å². The minimum Gasteiger partial charge on any atom is -0.507 e. The maximum absolute atomic E-state index is 12.3. The minimum absolute atomic E-state index is 0.0461. The molecule has 0 amide bonds. The van der Waals surface area contributed by atoms with E-state index in [1.807, 2.05) is 0 Å². The number of allylic oxidation sites excluding steroid dienone is 7. The van der Waals surface area contributed by atoms with Gasteiger partial charge in [-0.15, -0.1) is 0 Å². The van der Waals surface area contributed by atoms with Crippen molar-refractivity contribution in [2.75, 3.05) is 0 Å². The number of aliphatic hydroxyl groups excluding tert-OH is 1. The summed E-state index contributed by atoms with van der Waals surface area (Å²) in [5.74, 6) is -0.852. The molecule has 0 aromatic heterocycles. The van der Waals surface area contributed by atoms with Crippen LogP contribution in [0, 0.1) is 0 Å². The predicted octanol–water partition coefficient (Wildman–Crippen LogP) is 4.27. The predicted molar refractivity (Wildman–Crippen MR) is 102 cm³/mol.